The van der Waals surface area contributed by atoms with Crippen LogP contribution in [0, 0.1) is 0 Å². The average molecular weight is 132 g/mol. The highest BCUT2D eigenvalue weighted by atomic mass is 13.7. The fourth-order valence-electron chi connectivity index (χ4n) is 0.354. The Morgan fingerprint density at radius 1 is 0.667 bits per heavy atom. The Labute approximate surface area is 61.7 Å². The molecule has 0 atom stereocenters. The summed E-state index contributed by atoms with van der Waals surface area (Å²) in [5.74, 6) is 0. The highest BCUT2D eigenvalue weighted by Gasteiger charge is 1.68. The predicted molar refractivity (Wildman–Crippen MR) is 47.9 cm³/mol. The molecule has 0 fully saturated rings. The molecule has 0 bridgehead atoms. The molecule has 0 spiro atoms. The zero-order valence-corrected chi connectivity index (χ0v) is 8.12. The lowest BCUT2D eigenvalue weighted by atomic mass is 10.3. The van der Waals surface area contributed by atoms with Gasteiger partial charge in [-0.1, -0.05) is 60.8 Å². The van der Waals surface area contributed by atoms with Gasteiger partial charge in [-0.15, -0.1) is 0 Å². The van der Waals surface area contributed by atoms with E-state index in [4.69, 9.17) is 0 Å². The molecule has 0 aliphatic heterocycles. The molecule has 0 saturated heterocycles. The normalized spacial score (nSPS) is 6.00. The van der Waals surface area contributed by atoms with Gasteiger partial charge < -0.3 is 0 Å². The van der Waals surface area contributed by atoms with E-state index in [0.717, 1.165) is 0 Å². The van der Waals surface area contributed by atoms with Gasteiger partial charge in [0.1, 0.15) is 0 Å². The highest BCUT2D eigenvalue weighted by molar-refractivity contribution is 4.24. The maximum atomic E-state index is 2.21. The first-order valence-electron chi connectivity index (χ1n) is 4.41. The molecule has 9 heavy (non-hydrogen) atoms. The topological polar surface area (TPSA) is 0 Å². The van der Waals surface area contributed by atoms with Crippen LogP contribution in [0.5, 0.6) is 0 Å². The van der Waals surface area contributed by atoms with E-state index in [1.807, 2.05) is 27.7 Å². The van der Waals surface area contributed by atoms with Crippen molar-refractivity contribution >= 4 is 0 Å². The lowest BCUT2D eigenvalue weighted by molar-refractivity contribution is 0.772. The highest BCUT2D eigenvalue weighted by Crippen LogP contribution is 1.88. The van der Waals surface area contributed by atoms with E-state index in [1.54, 1.807) is 0 Å². The van der Waals surface area contributed by atoms with Gasteiger partial charge in [0.2, 0.25) is 0 Å². The standard InChI is InChI=1S/C5H12.2C2H6/c1-3-5-4-2;2*1-2/h3-5H2,1-2H3;2*1-2H3. The zero-order valence-electron chi connectivity index (χ0n) is 8.12. The SMILES string of the molecule is CC.CC.CCCCC. The van der Waals surface area contributed by atoms with Gasteiger partial charge in [0, 0.05) is 0 Å². The maximum absolute atomic E-state index is 2.21. The second-order valence-corrected chi connectivity index (χ2v) is 1.35. The van der Waals surface area contributed by atoms with Crippen LogP contribution in [0.2, 0.25) is 0 Å². The van der Waals surface area contributed by atoms with Crippen molar-refractivity contribution < 1.29 is 0 Å². The Morgan fingerprint density at radius 3 is 0.889 bits per heavy atom. The number of unbranched alkanes of at least 4 members (excludes halogenated alkanes) is 2. The van der Waals surface area contributed by atoms with Crippen molar-refractivity contribution in [1.29, 1.82) is 0 Å². The molecule has 0 nitrogen and oxygen atoms in total. The van der Waals surface area contributed by atoms with Crippen LogP contribution in [-0.4, -0.2) is 0 Å². The van der Waals surface area contributed by atoms with E-state index in [-0.39, 0.29) is 0 Å². The van der Waals surface area contributed by atoms with Crippen LogP contribution in [0.15, 0.2) is 0 Å². The summed E-state index contributed by atoms with van der Waals surface area (Å²) in [6.45, 7) is 12.4. The van der Waals surface area contributed by atoms with E-state index >= 15 is 0 Å². The Bertz CT molecular complexity index is 7.51. The summed E-state index contributed by atoms with van der Waals surface area (Å²) < 4.78 is 0. The Balaban J connectivity index is -0.0000000771. The van der Waals surface area contributed by atoms with Gasteiger partial charge in [0.15, 0.2) is 0 Å². The smallest absolute Gasteiger partial charge is 0.0538 e. The zero-order chi connectivity index (χ0) is 8.12. The fraction of sp³-hybridized carbons (Fsp3) is 1.00. The second kappa shape index (κ2) is 43.6. The first-order chi connectivity index (χ1) is 4.41. The summed E-state index contributed by atoms with van der Waals surface area (Å²) in [5, 5.41) is 0. The van der Waals surface area contributed by atoms with E-state index < -0.39 is 0 Å². The second-order valence-electron chi connectivity index (χ2n) is 1.35. The minimum absolute atomic E-state index is 1.34. The molecule has 0 heterocycles. The third-order valence-corrected chi connectivity index (χ3v) is 0.707. The molecule has 0 aliphatic rings. The summed E-state index contributed by atoms with van der Waals surface area (Å²) in [6.07, 6.45) is 4.08. The van der Waals surface area contributed by atoms with E-state index in [2.05, 4.69) is 13.8 Å². The molecule has 0 amide bonds. The summed E-state index contributed by atoms with van der Waals surface area (Å²) in [4.78, 5) is 0. The summed E-state index contributed by atoms with van der Waals surface area (Å²) in [7, 11) is 0. The molecule has 0 rings (SSSR count). The van der Waals surface area contributed by atoms with Crippen molar-refractivity contribution in [2.75, 3.05) is 0 Å². The van der Waals surface area contributed by atoms with Crippen LogP contribution >= 0.6 is 0 Å². The third kappa shape index (κ3) is 72.0. The molecule has 0 aromatic heterocycles. The first-order valence-corrected chi connectivity index (χ1v) is 4.41. The van der Waals surface area contributed by atoms with Gasteiger partial charge >= 0.3 is 0 Å². The van der Waals surface area contributed by atoms with Crippen molar-refractivity contribution in [2.24, 2.45) is 0 Å². The van der Waals surface area contributed by atoms with Crippen molar-refractivity contribution in [3.63, 3.8) is 0 Å². The molecule has 0 aliphatic carbocycles. The van der Waals surface area contributed by atoms with Crippen LogP contribution in [-0.2, 0) is 0 Å². The molecule has 0 saturated carbocycles. The Hall–Kier alpha value is 0. The molecule has 0 aromatic carbocycles. The van der Waals surface area contributed by atoms with Crippen LogP contribution in [0.1, 0.15) is 60.8 Å². The van der Waals surface area contributed by atoms with Crippen LogP contribution in [0.25, 0.3) is 0 Å². The third-order valence-electron chi connectivity index (χ3n) is 0.707. The van der Waals surface area contributed by atoms with Gasteiger partial charge in [-0.25, -0.2) is 0 Å². The minimum atomic E-state index is 1.34. The Kier molecular flexibility index (Phi) is 77.4. The van der Waals surface area contributed by atoms with Gasteiger partial charge in [-0.3, -0.25) is 0 Å². The molecule has 0 aromatic rings. The molecular formula is C9H24. The maximum Gasteiger partial charge on any atom is -0.0538 e. The molecular weight excluding hydrogens is 108 g/mol. The van der Waals surface area contributed by atoms with Crippen molar-refractivity contribution in [1.82, 2.24) is 0 Å². The average Bonchev–Trinajstić information content (AvgIpc) is 1.98. The van der Waals surface area contributed by atoms with Crippen molar-refractivity contribution in [3.05, 3.63) is 0 Å². The van der Waals surface area contributed by atoms with E-state index in [0.29, 0.717) is 0 Å². The monoisotopic (exact) mass is 132 g/mol. The molecule has 0 unspecified atom stereocenters. The van der Waals surface area contributed by atoms with Gasteiger partial charge in [0.25, 0.3) is 0 Å². The molecule has 0 radical (unpaired) electrons. The van der Waals surface area contributed by atoms with Gasteiger partial charge in [0.05, 0.1) is 0 Å². The molecule has 0 N–H and O–H groups in total. The van der Waals surface area contributed by atoms with E-state index in [9.17, 15) is 0 Å². The Morgan fingerprint density at radius 2 is 0.889 bits per heavy atom. The number of rotatable bonds is 2. The summed E-state index contributed by atoms with van der Waals surface area (Å²) >= 11 is 0. The summed E-state index contributed by atoms with van der Waals surface area (Å²) in [6, 6.07) is 0. The van der Waals surface area contributed by atoms with Crippen LogP contribution < -0.4 is 0 Å². The summed E-state index contributed by atoms with van der Waals surface area (Å²) in [5.41, 5.74) is 0. The minimum Gasteiger partial charge on any atom is -0.0683 e. The quantitative estimate of drug-likeness (QED) is 0.527. The number of hydrogen-bond donors (Lipinski definition) is 0. The van der Waals surface area contributed by atoms with Gasteiger partial charge in [-0.05, 0) is 0 Å². The fourth-order valence-corrected chi connectivity index (χ4v) is 0.354. The first kappa shape index (κ1) is 16.0. The van der Waals surface area contributed by atoms with Gasteiger partial charge in [-0.2, -0.15) is 0 Å². The van der Waals surface area contributed by atoms with Crippen molar-refractivity contribution in [2.45, 2.75) is 60.8 Å². The van der Waals surface area contributed by atoms with Crippen LogP contribution in [0.3, 0.4) is 0 Å². The number of hydrogen-bond acceptors (Lipinski definition) is 0. The lowest BCUT2D eigenvalue weighted by Gasteiger charge is -1.79. The molecule has 0 heteroatoms. The largest absolute Gasteiger partial charge is 0.0683 e. The van der Waals surface area contributed by atoms with Crippen molar-refractivity contribution in [3.8, 4) is 0 Å². The molecule has 60 valence electrons. The van der Waals surface area contributed by atoms with Crippen LogP contribution in [0.4, 0.5) is 0 Å². The predicted octanol–water partition coefficient (Wildman–Crippen LogP) is 4.25. The lowest BCUT2D eigenvalue weighted by Crippen LogP contribution is -1.59. The van der Waals surface area contributed by atoms with E-state index in [1.165, 1.54) is 19.3 Å².